The third-order valence-corrected chi connectivity index (χ3v) is 4.70. The molecule has 1 aromatic rings. The summed E-state index contributed by atoms with van der Waals surface area (Å²) in [5.41, 5.74) is 1.37. The number of rotatable bonds is 3. The number of hydrogen-bond acceptors (Lipinski definition) is 4. The minimum atomic E-state index is -0.372. The fourth-order valence-corrected chi connectivity index (χ4v) is 3.15. The number of nitrogens with zero attached hydrogens (tertiary/aromatic N) is 2. The SMILES string of the molecule is CCC(CC)NC(=O)N1CCC2C(C#Cc3cccc(O)c3)=NOC21. The van der Waals surface area contributed by atoms with Crippen LogP contribution in [0, 0.1) is 17.8 Å². The van der Waals surface area contributed by atoms with E-state index in [2.05, 4.69) is 36.2 Å². The number of fused-ring (bicyclic) bond motifs is 1. The highest BCUT2D eigenvalue weighted by Gasteiger charge is 2.45. The maximum Gasteiger partial charge on any atom is 0.320 e. The summed E-state index contributed by atoms with van der Waals surface area (Å²) in [7, 11) is 0. The van der Waals surface area contributed by atoms with E-state index in [0.29, 0.717) is 17.8 Å². The van der Waals surface area contributed by atoms with Gasteiger partial charge in [0.25, 0.3) is 0 Å². The van der Waals surface area contributed by atoms with Crippen LogP contribution in [0.25, 0.3) is 0 Å². The monoisotopic (exact) mass is 341 g/mol. The normalized spacial score (nSPS) is 21.2. The van der Waals surface area contributed by atoms with Crippen molar-refractivity contribution in [2.45, 2.75) is 45.4 Å². The van der Waals surface area contributed by atoms with Gasteiger partial charge in [-0.15, -0.1) is 0 Å². The van der Waals surface area contributed by atoms with Gasteiger partial charge in [-0.1, -0.05) is 31.0 Å². The molecule has 6 heteroatoms. The van der Waals surface area contributed by atoms with E-state index in [-0.39, 0.29) is 30.0 Å². The van der Waals surface area contributed by atoms with Crippen molar-refractivity contribution in [2.24, 2.45) is 11.1 Å². The van der Waals surface area contributed by atoms with Crippen molar-refractivity contribution < 1.29 is 14.7 Å². The van der Waals surface area contributed by atoms with Crippen LogP contribution in [-0.2, 0) is 4.84 Å². The van der Waals surface area contributed by atoms with E-state index < -0.39 is 0 Å². The van der Waals surface area contributed by atoms with Gasteiger partial charge in [0.1, 0.15) is 11.5 Å². The van der Waals surface area contributed by atoms with Crippen LogP contribution >= 0.6 is 0 Å². The highest BCUT2D eigenvalue weighted by Crippen LogP contribution is 2.31. The molecule has 1 aromatic carbocycles. The summed E-state index contributed by atoms with van der Waals surface area (Å²) < 4.78 is 0. The second-order valence-corrected chi connectivity index (χ2v) is 6.32. The number of nitrogens with one attached hydrogen (secondary N) is 1. The Morgan fingerprint density at radius 1 is 1.44 bits per heavy atom. The van der Waals surface area contributed by atoms with E-state index in [9.17, 15) is 9.90 Å². The lowest BCUT2D eigenvalue weighted by Gasteiger charge is -2.25. The number of hydrogen-bond donors (Lipinski definition) is 2. The Hall–Kier alpha value is -2.68. The van der Waals surface area contributed by atoms with E-state index in [0.717, 1.165) is 19.3 Å². The van der Waals surface area contributed by atoms with Crippen LogP contribution in [0.5, 0.6) is 5.75 Å². The first-order valence-electron chi connectivity index (χ1n) is 8.74. The highest BCUT2D eigenvalue weighted by molar-refractivity contribution is 6.03. The molecule has 132 valence electrons. The molecule has 2 amide bonds. The predicted octanol–water partition coefficient (Wildman–Crippen LogP) is 2.68. The molecule has 0 aliphatic carbocycles. The summed E-state index contributed by atoms with van der Waals surface area (Å²) in [5, 5.41) is 16.6. The molecule has 1 saturated heterocycles. The van der Waals surface area contributed by atoms with Crippen molar-refractivity contribution in [3.63, 3.8) is 0 Å². The minimum Gasteiger partial charge on any atom is -0.508 e. The molecular weight excluding hydrogens is 318 g/mol. The van der Waals surface area contributed by atoms with Gasteiger partial charge in [-0.25, -0.2) is 4.79 Å². The van der Waals surface area contributed by atoms with Crippen molar-refractivity contribution in [2.75, 3.05) is 6.54 Å². The molecule has 0 spiro atoms. The quantitative estimate of drug-likeness (QED) is 0.830. The lowest BCUT2D eigenvalue weighted by molar-refractivity contribution is -0.00683. The molecule has 2 unspecified atom stereocenters. The van der Waals surface area contributed by atoms with Crippen molar-refractivity contribution in [1.29, 1.82) is 0 Å². The van der Waals surface area contributed by atoms with Gasteiger partial charge in [0.2, 0.25) is 6.23 Å². The maximum atomic E-state index is 12.5. The van der Waals surface area contributed by atoms with Gasteiger partial charge in [0.15, 0.2) is 0 Å². The van der Waals surface area contributed by atoms with Crippen molar-refractivity contribution in [3.8, 4) is 17.6 Å². The highest BCUT2D eigenvalue weighted by atomic mass is 16.7. The lowest BCUT2D eigenvalue weighted by atomic mass is 10.0. The maximum absolute atomic E-state index is 12.5. The molecule has 2 aliphatic heterocycles. The summed E-state index contributed by atoms with van der Waals surface area (Å²) in [4.78, 5) is 19.6. The Morgan fingerprint density at radius 3 is 2.96 bits per heavy atom. The third kappa shape index (κ3) is 3.71. The van der Waals surface area contributed by atoms with Gasteiger partial charge in [-0.05, 0) is 43.4 Å². The van der Waals surface area contributed by atoms with Gasteiger partial charge in [0, 0.05) is 18.2 Å². The first-order valence-corrected chi connectivity index (χ1v) is 8.74. The molecule has 2 heterocycles. The zero-order valence-corrected chi connectivity index (χ0v) is 14.5. The van der Waals surface area contributed by atoms with Crippen LogP contribution in [0.1, 0.15) is 38.7 Å². The summed E-state index contributed by atoms with van der Waals surface area (Å²) in [6, 6.07) is 6.85. The van der Waals surface area contributed by atoms with E-state index >= 15 is 0 Å². The lowest BCUT2D eigenvalue weighted by Crippen LogP contribution is -2.47. The predicted molar refractivity (Wildman–Crippen MR) is 95.0 cm³/mol. The summed E-state index contributed by atoms with van der Waals surface area (Å²) in [6.45, 7) is 4.76. The van der Waals surface area contributed by atoms with Crippen molar-refractivity contribution in [1.82, 2.24) is 10.2 Å². The summed E-state index contributed by atoms with van der Waals surface area (Å²) in [6.07, 6.45) is 2.22. The average Bonchev–Trinajstić information content (AvgIpc) is 3.20. The van der Waals surface area contributed by atoms with Crippen LogP contribution in [0.2, 0.25) is 0 Å². The second kappa shape index (κ2) is 7.47. The van der Waals surface area contributed by atoms with Crippen LogP contribution in [-0.4, -0.2) is 40.6 Å². The molecule has 0 saturated carbocycles. The molecule has 0 radical (unpaired) electrons. The first-order chi connectivity index (χ1) is 12.1. The molecule has 2 N–H and O–H groups in total. The molecule has 25 heavy (non-hydrogen) atoms. The van der Waals surface area contributed by atoms with Crippen LogP contribution in [0.3, 0.4) is 0 Å². The van der Waals surface area contributed by atoms with E-state index in [1.54, 1.807) is 23.1 Å². The number of oxime groups is 1. The summed E-state index contributed by atoms with van der Waals surface area (Å²) >= 11 is 0. The summed E-state index contributed by atoms with van der Waals surface area (Å²) in [5.74, 6) is 6.21. The number of carbonyl (C=O) groups is 1. The Morgan fingerprint density at radius 2 is 2.24 bits per heavy atom. The van der Waals surface area contributed by atoms with Gasteiger partial charge >= 0.3 is 6.03 Å². The number of phenols is 1. The van der Waals surface area contributed by atoms with Crippen LogP contribution in [0.4, 0.5) is 4.79 Å². The number of benzene rings is 1. The molecular formula is C19H23N3O3. The number of urea groups is 1. The van der Waals surface area contributed by atoms with Gasteiger partial charge in [-0.3, -0.25) is 4.90 Å². The molecule has 6 nitrogen and oxygen atoms in total. The number of phenolic OH excluding ortho intramolecular Hbond substituents is 1. The second-order valence-electron chi connectivity index (χ2n) is 6.32. The third-order valence-electron chi connectivity index (χ3n) is 4.70. The molecule has 2 atom stereocenters. The number of carbonyl (C=O) groups excluding carboxylic acids is 1. The first kappa shape index (κ1) is 17.2. The largest absolute Gasteiger partial charge is 0.508 e. The Bertz CT molecular complexity index is 731. The zero-order valence-electron chi connectivity index (χ0n) is 14.5. The molecule has 0 bridgehead atoms. The van der Waals surface area contributed by atoms with Gasteiger partial charge < -0.3 is 15.3 Å². The molecule has 3 rings (SSSR count). The van der Waals surface area contributed by atoms with Crippen LogP contribution in [0.15, 0.2) is 29.4 Å². The number of amides is 2. The zero-order chi connectivity index (χ0) is 17.8. The standard InChI is InChI=1S/C19H23N3O3/c1-3-14(4-2)20-19(24)22-11-10-16-17(21-25-18(16)22)9-8-13-6-5-7-15(23)12-13/h5-7,12,14,16,18,23H,3-4,10-11H2,1-2H3,(H,20,24). The Kier molecular flexibility index (Phi) is 5.13. The number of aromatic hydroxyl groups is 1. The average molecular weight is 341 g/mol. The Labute approximate surface area is 147 Å². The fourth-order valence-electron chi connectivity index (χ4n) is 3.15. The minimum absolute atomic E-state index is 0.0114. The van der Waals surface area contributed by atoms with E-state index in [4.69, 9.17) is 4.84 Å². The molecule has 2 aliphatic rings. The van der Waals surface area contributed by atoms with Crippen molar-refractivity contribution >= 4 is 11.7 Å². The van der Waals surface area contributed by atoms with E-state index in [1.165, 1.54) is 0 Å². The number of likely N-dealkylation sites (tertiary alicyclic amines) is 1. The topological polar surface area (TPSA) is 74.2 Å². The van der Waals surface area contributed by atoms with E-state index in [1.807, 2.05) is 6.07 Å². The van der Waals surface area contributed by atoms with Gasteiger partial charge in [0.05, 0.1) is 5.92 Å². The van der Waals surface area contributed by atoms with Crippen LogP contribution < -0.4 is 5.32 Å². The van der Waals surface area contributed by atoms with Gasteiger partial charge in [-0.2, -0.15) is 0 Å². The fraction of sp³-hybridized carbons (Fsp3) is 0.474. The smallest absolute Gasteiger partial charge is 0.320 e. The molecule has 1 fully saturated rings. The molecule has 0 aromatic heterocycles. The Balaban J connectivity index is 1.65. The van der Waals surface area contributed by atoms with Crippen molar-refractivity contribution in [3.05, 3.63) is 29.8 Å².